The van der Waals surface area contributed by atoms with Gasteiger partial charge in [-0.2, -0.15) is 10.2 Å². The minimum Gasteiger partial charge on any atom is -0.319 e. The average molecular weight is 525 g/mol. The van der Waals surface area contributed by atoms with Crippen molar-refractivity contribution >= 4 is 28.8 Å². The fraction of sp³-hybridized carbons (Fsp3) is 0.154. The predicted octanol–water partition coefficient (Wildman–Crippen LogP) is 6.24. The van der Waals surface area contributed by atoms with Crippen LogP contribution in [0.4, 0.5) is 18.9 Å². The molecule has 0 aliphatic rings. The van der Waals surface area contributed by atoms with Crippen LogP contribution in [-0.2, 0) is 6.54 Å². The highest BCUT2D eigenvalue weighted by atomic mass is 35.5. The summed E-state index contributed by atoms with van der Waals surface area (Å²) in [5, 5.41) is 11.6. The van der Waals surface area contributed by atoms with Crippen molar-refractivity contribution < 1.29 is 18.0 Å². The summed E-state index contributed by atoms with van der Waals surface area (Å²) in [7, 11) is 0. The summed E-state index contributed by atoms with van der Waals surface area (Å²) in [6.45, 7) is 3.75. The lowest BCUT2D eigenvalue weighted by molar-refractivity contribution is 0.102. The van der Waals surface area contributed by atoms with E-state index in [9.17, 15) is 18.0 Å². The molecule has 5 aromatic rings. The zero-order valence-corrected chi connectivity index (χ0v) is 20.5. The molecule has 0 fully saturated rings. The molecular weight excluding hydrogens is 505 g/mol. The van der Waals surface area contributed by atoms with E-state index >= 15 is 0 Å². The van der Waals surface area contributed by atoms with Crippen LogP contribution >= 0.6 is 11.6 Å². The number of fused-ring (bicyclic) bond motifs is 1. The molecule has 7 nitrogen and oxygen atoms in total. The standard InChI is InChI=1S/C26H20ClF3N6O/c1-14-23(15(2)35(34-14)13-17-8-9-18(28)10-20(17)27)33-26(37)19-12-31-36-22(24(29)30)11-21(32-25(19)36)16-6-4-3-5-7-16/h3-12,24H,13H2,1-2H3,(H,33,37). The summed E-state index contributed by atoms with van der Waals surface area (Å²) in [5.41, 5.74) is 2.88. The molecule has 2 aromatic carbocycles. The first-order valence-electron chi connectivity index (χ1n) is 11.2. The maximum Gasteiger partial charge on any atom is 0.280 e. The number of carbonyl (C=O) groups excluding carboxylic acids is 1. The topological polar surface area (TPSA) is 77.1 Å². The molecule has 3 heterocycles. The molecule has 0 saturated heterocycles. The summed E-state index contributed by atoms with van der Waals surface area (Å²) in [6.07, 6.45) is -1.61. The van der Waals surface area contributed by atoms with Gasteiger partial charge in [-0.25, -0.2) is 22.7 Å². The van der Waals surface area contributed by atoms with Crippen molar-refractivity contribution in [2.24, 2.45) is 0 Å². The Kier molecular flexibility index (Phi) is 6.43. The number of aryl methyl sites for hydroxylation is 1. The average Bonchev–Trinajstić information content (AvgIpc) is 3.42. The van der Waals surface area contributed by atoms with Gasteiger partial charge in [0.2, 0.25) is 0 Å². The Labute approximate surface area is 214 Å². The van der Waals surface area contributed by atoms with E-state index in [1.165, 1.54) is 24.4 Å². The number of aromatic nitrogens is 5. The van der Waals surface area contributed by atoms with Crippen LogP contribution in [0.1, 0.15) is 39.4 Å². The van der Waals surface area contributed by atoms with Crippen molar-refractivity contribution in [1.29, 1.82) is 0 Å². The number of carbonyl (C=O) groups is 1. The number of amides is 1. The van der Waals surface area contributed by atoms with Crippen LogP contribution in [0.3, 0.4) is 0 Å². The van der Waals surface area contributed by atoms with Gasteiger partial charge in [0.15, 0.2) is 5.65 Å². The molecule has 0 bridgehead atoms. The molecule has 11 heteroatoms. The zero-order valence-electron chi connectivity index (χ0n) is 19.7. The number of rotatable bonds is 6. The van der Waals surface area contributed by atoms with Crippen molar-refractivity contribution in [1.82, 2.24) is 24.4 Å². The third kappa shape index (κ3) is 4.67. The van der Waals surface area contributed by atoms with Crippen molar-refractivity contribution in [2.75, 3.05) is 5.32 Å². The molecule has 5 rings (SSSR count). The van der Waals surface area contributed by atoms with Crippen molar-refractivity contribution in [2.45, 2.75) is 26.8 Å². The summed E-state index contributed by atoms with van der Waals surface area (Å²) < 4.78 is 43.7. The van der Waals surface area contributed by atoms with E-state index in [0.29, 0.717) is 33.9 Å². The van der Waals surface area contributed by atoms with Gasteiger partial charge in [0.1, 0.15) is 17.1 Å². The first-order valence-corrected chi connectivity index (χ1v) is 11.6. The molecule has 0 aliphatic heterocycles. The highest BCUT2D eigenvalue weighted by molar-refractivity contribution is 6.31. The summed E-state index contributed by atoms with van der Waals surface area (Å²) in [6, 6.07) is 14.2. The summed E-state index contributed by atoms with van der Waals surface area (Å²) >= 11 is 6.16. The van der Waals surface area contributed by atoms with Crippen LogP contribution in [0.2, 0.25) is 5.02 Å². The number of nitrogens with zero attached hydrogens (tertiary/aromatic N) is 5. The molecule has 188 valence electrons. The molecule has 0 unspecified atom stereocenters. The van der Waals surface area contributed by atoms with Gasteiger partial charge < -0.3 is 5.32 Å². The zero-order chi connectivity index (χ0) is 26.3. The van der Waals surface area contributed by atoms with Crippen LogP contribution < -0.4 is 5.32 Å². The number of hydrogen-bond acceptors (Lipinski definition) is 4. The van der Waals surface area contributed by atoms with Crippen LogP contribution in [0.5, 0.6) is 0 Å². The van der Waals surface area contributed by atoms with Gasteiger partial charge in [0, 0.05) is 10.6 Å². The van der Waals surface area contributed by atoms with Gasteiger partial charge in [-0.15, -0.1) is 0 Å². The second-order valence-corrected chi connectivity index (χ2v) is 8.83. The summed E-state index contributed by atoms with van der Waals surface area (Å²) in [5.74, 6) is -1.01. The third-order valence-corrected chi connectivity index (χ3v) is 6.34. The Morgan fingerprint density at radius 2 is 1.86 bits per heavy atom. The molecule has 1 N–H and O–H groups in total. The smallest absolute Gasteiger partial charge is 0.280 e. The molecule has 3 aromatic heterocycles. The van der Waals surface area contributed by atoms with E-state index in [1.807, 2.05) is 6.07 Å². The monoisotopic (exact) mass is 524 g/mol. The van der Waals surface area contributed by atoms with E-state index < -0.39 is 18.1 Å². The van der Waals surface area contributed by atoms with Gasteiger partial charge in [-0.3, -0.25) is 9.48 Å². The van der Waals surface area contributed by atoms with Gasteiger partial charge in [-0.05, 0) is 37.6 Å². The lowest BCUT2D eigenvalue weighted by atomic mass is 10.1. The molecule has 0 atom stereocenters. The van der Waals surface area contributed by atoms with Crippen LogP contribution in [0.25, 0.3) is 16.9 Å². The second-order valence-electron chi connectivity index (χ2n) is 8.42. The Balaban J connectivity index is 1.49. The minimum atomic E-state index is -2.83. The number of alkyl halides is 2. The maximum atomic E-state index is 13.9. The Bertz CT molecular complexity index is 1630. The SMILES string of the molecule is Cc1nn(Cc2ccc(F)cc2Cl)c(C)c1NC(=O)c1cnn2c(C(F)F)cc(-c3ccccc3)nc12. The first kappa shape index (κ1) is 24.5. The normalized spacial score (nSPS) is 11.4. The maximum absolute atomic E-state index is 13.9. The van der Waals surface area contributed by atoms with Crippen molar-refractivity contribution in [3.05, 3.63) is 99.8 Å². The largest absolute Gasteiger partial charge is 0.319 e. The van der Waals surface area contributed by atoms with E-state index in [0.717, 1.165) is 4.52 Å². The van der Waals surface area contributed by atoms with E-state index in [2.05, 4.69) is 20.5 Å². The molecule has 0 radical (unpaired) electrons. The Morgan fingerprint density at radius 3 is 2.57 bits per heavy atom. The predicted molar refractivity (Wildman–Crippen MR) is 134 cm³/mol. The van der Waals surface area contributed by atoms with Gasteiger partial charge in [-0.1, -0.05) is 48.0 Å². The van der Waals surface area contributed by atoms with Crippen LogP contribution in [-0.4, -0.2) is 30.3 Å². The highest BCUT2D eigenvalue weighted by Gasteiger charge is 2.23. The molecule has 0 aliphatic carbocycles. The fourth-order valence-electron chi connectivity index (χ4n) is 4.08. The third-order valence-electron chi connectivity index (χ3n) is 5.99. The lowest BCUT2D eigenvalue weighted by Crippen LogP contribution is -2.14. The van der Waals surface area contributed by atoms with Gasteiger partial charge >= 0.3 is 0 Å². The van der Waals surface area contributed by atoms with E-state index in [4.69, 9.17) is 11.6 Å². The van der Waals surface area contributed by atoms with Crippen molar-refractivity contribution in [3.63, 3.8) is 0 Å². The van der Waals surface area contributed by atoms with Crippen LogP contribution in [0, 0.1) is 19.7 Å². The minimum absolute atomic E-state index is 0.00921. The molecule has 0 saturated carbocycles. The van der Waals surface area contributed by atoms with E-state index in [1.54, 1.807) is 48.9 Å². The quantitative estimate of drug-likeness (QED) is 0.285. The summed E-state index contributed by atoms with van der Waals surface area (Å²) in [4.78, 5) is 17.8. The molecule has 0 spiro atoms. The number of hydrogen-bond donors (Lipinski definition) is 1. The van der Waals surface area contributed by atoms with Gasteiger partial charge in [0.25, 0.3) is 12.3 Å². The molecular formula is C26H20ClF3N6O. The second kappa shape index (κ2) is 9.70. The molecule has 37 heavy (non-hydrogen) atoms. The molecule has 1 amide bonds. The van der Waals surface area contributed by atoms with Gasteiger partial charge in [0.05, 0.1) is 35.5 Å². The first-order chi connectivity index (χ1) is 17.7. The number of anilines is 1. The number of benzene rings is 2. The van der Waals surface area contributed by atoms with E-state index in [-0.39, 0.29) is 28.5 Å². The Hall–Kier alpha value is -4.18. The lowest BCUT2D eigenvalue weighted by Gasteiger charge is -2.09. The Morgan fingerprint density at radius 1 is 1.11 bits per heavy atom. The van der Waals surface area contributed by atoms with Crippen molar-refractivity contribution in [3.8, 4) is 11.3 Å². The number of halogens is 4. The fourth-order valence-corrected chi connectivity index (χ4v) is 4.31. The number of nitrogens with one attached hydrogen (secondary N) is 1. The van der Waals surface area contributed by atoms with Crippen LogP contribution in [0.15, 0.2) is 60.8 Å². The highest BCUT2D eigenvalue weighted by Crippen LogP contribution is 2.28.